The summed E-state index contributed by atoms with van der Waals surface area (Å²) in [5, 5.41) is 4.88. The van der Waals surface area contributed by atoms with E-state index in [0.717, 1.165) is 13.0 Å². The first-order chi connectivity index (χ1) is 10.2. The third kappa shape index (κ3) is 4.43. The molecule has 2 unspecified atom stereocenters. The summed E-state index contributed by atoms with van der Waals surface area (Å²) in [6.07, 6.45) is 7.45. The molecule has 0 aromatic carbocycles. The van der Waals surface area contributed by atoms with Crippen LogP contribution in [-0.4, -0.2) is 23.6 Å². The summed E-state index contributed by atoms with van der Waals surface area (Å²) in [6.45, 7) is 11.2. The fourth-order valence-corrected chi connectivity index (χ4v) is 4.04. The Kier molecular flexibility index (Phi) is 6.49. The van der Waals surface area contributed by atoms with E-state index in [0.29, 0.717) is 12.1 Å². The van der Waals surface area contributed by atoms with Crippen molar-refractivity contribution in [2.24, 2.45) is 0 Å². The standard InChI is InChI=1S/C17H31N3S/c1-5-9-15-16(12-18-13(3)6-2)21-17(19-15)20-11-8-7-10-14(20)4/h13-14,18H,5-12H2,1-4H3. The van der Waals surface area contributed by atoms with Crippen molar-refractivity contribution < 1.29 is 0 Å². The highest BCUT2D eigenvalue weighted by atomic mass is 32.1. The summed E-state index contributed by atoms with van der Waals surface area (Å²) in [7, 11) is 0. The van der Waals surface area contributed by atoms with Crippen LogP contribution in [0.25, 0.3) is 0 Å². The van der Waals surface area contributed by atoms with Gasteiger partial charge in [0, 0.05) is 30.1 Å². The molecule has 1 aromatic heterocycles. The average molecular weight is 310 g/mol. The van der Waals surface area contributed by atoms with Crippen molar-refractivity contribution in [1.82, 2.24) is 10.3 Å². The summed E-state index contributed by atoms with van der Waals surface area (Å²) in [6, 6.07) is 1.23. The third-order valence-corrected chi connectivity index (χ3v) is 5.66. The predicted octanol–water partition coefficient (Wildman–Crippen LogP) is 4.36. The van der Waals surface area contributed by atoms with Crippen molar-refractivity contribution >= 4 is 16.5 Å². The molecule has 1 aliphatic rings. The van der Waals surface area contributed by atoms with Crippen molar-refractivity contribution in [1.29, 1.82) is 0 Å². The number of rotatable bonds is 7. The van der Waals surface area contributed by atoms with E-state index in [1.165, 1.54) is 54.4 Å². The highest BCUT2D eigenvalue weighted by Crippen LogP contribution is 2.31. The van der Waals surface area contributed by atoms with Crippen LogP contribution in [0.4, 0.5) is 5.13 Å². The molecule has 0 saturated carbocycles. The summed E-state index contributed by atoms with van der Waals surface area (Å²) in [4.78, 5) is 8.96. The number of nitrogens with one attached hydrogen (secondary N) is 1. The van der Waals surface area contributed by atoms with Gasteiger partial charge >= 0.3 is 0 Å². The van der Waals surface area contributed by atoms with Gasteiger partial charge in [-0.15, -0.1) is 11.3 Å². The fraction of sp³-hybridized carbons (Fsp3) is 0.824. The van der Waals surface area contributed by atoms with E-state index < -0.39 is 0 Å². The van der Waals surface area contributed by atoms with E-state index >= 15 is 0 Å². The van der Waals surface area contributed by atoms with E-state index in [4.69, 9.17) is 4.98 Å². The molecular weight excluding hydrogens is 278 g/mol. The van der Waals surface area contributed by atoms with Crippen molar-refractivity contribution in [2.45, 2.75) is 84.8 Å². The predicted molar refractivity (Wildman–Crippen MR) is 93.4 cm³/mol. The summed E-state index contributed by atoms with van der Waals surface area (Å²) >= 11 is 1.91. The second-order valence-corrected chi connectivity index (χ2v) is 7.41. The molecule has 0 bridgehead atoms. The molecule has 0 spiro atoms. The number of thiazole rings is 1. The maximum atomic E-state index is 4.98. The zero-order valence-corrected chi connectivity index (χ0v) is 14.9. The first-order valence-corrected chi connectivity index (χ1v) is 9.45. The molecule has 1 saturated heterocycles. The number of anilines is 1. The molecule has 2 atom stereocenters. The first kappa shape index (κ1) is 16.8. The Balaban J connectivity index is 2.11. The molecule has 0 aliphatic carbocycles. The third-order valence-electron chi connectivity index (χ3n) is 4.53. The van der Waals surface area contributed by atoms with Crippen LogP contribution in [0.3, 0.4) is 0 Å². The molecule has 1 aromatic rings. The average Bonchev–Trinajstić information content (AvgIpc) is 2.88. The van der Waals surface area contributed by atoms with E-state index in [9.17, 15) is 0 Å². The van der Waals surface area contributed by atoms with Gasteiger partial charge in [0.1, 0.15) is 0 Å². The van der Waals surface area contributed by atoms with Gasteiger partial charge in [0.2, 0.25) is 0 Å². The van der Waals surface area contributed by atoms with Crippen LogP contribution in [0.2, 0.25) is 0 Å². The van der Waals surface area contributed by atoms with Crippen molar-refractivity contribution in [3.05, 3.63) is 10.6 Å². The molecule has 0 amide bonds. The van der Waals surface area contributed by atoms with Crippen LogP contribution >= 0.6 is 11.3 Å². The Morgan fingerprint density at radius 3 is 2.86 bits per heavy atom. The number of hydrogen-bond donors (Lipinski definition) is 1. The molecular formula is C17H31N3S. The lowest BCUT2D eigenvalue weighted by Gasteiger charge is -2.33. The minimum Gasteiger partial charge on any atom is -0.345 e. The monoisotopic (exact) mass is 309 g/mol. The number of nitrogens with zero attached hydrogens (tertiary/aromatic N) is 2. The molecule has 0 radical (unpaired) electrons. The Bertz CT molecular complexity index is 430. The highest BCUT2D eigenvalue weighted by Gasteiger charge is 2.23. The fourth-order valence-electron chi connectivity index (χ4n) is 2.86. The minimum absolute atomic E-state index is 0.582. The Morgan fingerprint density at radius 1 is 1.38 bits per heavy atom. The second-order valence-electron chi connectivity index (χ2n) is 6.34. The normalized spacial score (nSPS) is 20.8. The summed E-state index contributed by atoms with van der Waals surface area (Å²) in [5.41, 5.74) is 1.33. The number of aromatic nitrogens is 1. The smallest absolute Gasteiger partial charge is 0.186 e. The van der Waals surface area contributed by atoms with Crippen LogP contribution in [0.1, 0.15) is 70.4 Å². The zero-order chi connectivity index (χ0) is 15.2. The van der Waals surface area contributed by atoms with Gasteiger partial charge in [-0.2, -0.15) is 0 Å². The molecule has 1 aliphatic heterocycles. The van der Waals surface area contributed by atoms with Crippen molar-refractivity contribution in [3.63, 3.8) is 0 Å². The van der Waals surface area contributed by atoms with Crippen molar-refractivity contribution in [2.75, 3.05) is 11.4 Å². The van der Waals surface area contributed by atoms with Crippen LogP contribution in [0.5, 0.6) is 0 Å². The van der Waals surface area contributed by atoms with Crippen LogP contribution in [-0.2, 0) is 13.0 Å². The van der Waals surface area contributed by atoms with Crippen LogP contribution in [0.15, 0.2) is 0 Å². The molecule has 4 heteroatoms. The quantitative estimate of drug-likeness (QED) is 0.811. The largest absolute Gasteiger partial charge is 0.345 e. The Hall–Kier alpha value is -0.610. The first-order valence-electron chi connectivity index (χ1n) is 8.64. The van der Waals surface area contributed by atoms with E-state index in [2.05, 4.69) is 37.9 Å². The lowest BCUT2D eigenvalue weighted by molar-refractivity contribution is 0.484. The van der Waals surface area contributed by atoms with Gasteiger partial charge < -0.3 is 10.2 Å². The molecule has 1 N–H and O–H groups in total. The van der Waals surface area contributed by atoms with Crippen LogP contribution in [0, 0.1) is 0 Å². The van der Waals surface area contributed by atoms with Gasteiger partial charge in [-0.1, -0.05) is 20.3 Å². The molecule has 3 nitrogen and oxygen atoms in total. The second kappa shape index (κ2) is 8.14. The van der Waals surface area contributed by atoms with Gasteiger partial charge in [-0.05, 0) is 46.0 Å². The number of hydrogen-bond acceptors (Lipinski definition) is 4. The van der Waals surface area contributed by atoms with Crippen LogP contribution < -0.4 is 10.2 Å². The van der Waals surface area contributed by atoms with Gasteiger partial charge in [-0.3, -0.25) is 0 Å². The summed E-state index contributed by atoms with van der Waals surface area (Å²) < 4.78 is 0. The van der Waals surface area contributed by atoms with Gasteiger partial charge in [0.05, 0.1) is 5.69 Å². The van der Waals surface area contributed by atoms with Gasteiger partial charge in [0.25, 0.3) is 0 Å². The Labute approximate surface area is 134 Å². The highest BCUT2D eigenvalue weighted by molar-refractivity contribution is 7.15. The zero-order valence-electron chi connectivity index (χ0n) is 14.1. The Morgan fingerprint density at radius 2 is 2.19 bits per heavy atom. The topological polar surface area (TPSA) is 28.2 Å². The van der Waals surface area contributed by atoms with E-state index in [-0.39, 0.29) is 0 Å². The molecule has 2 heterocycles. The van der Waals surface area contributed by atoms with E-state index in [1.54, 1.807) is 0 Å². The van der Waals surface area contributed by atoms with Gasteiger partial charge in [-0.25, -0.2) is 4.98 Å². The minimum atomic E-state index is 0.582. The van der Waals surface area contributed by atoms with Gasteiger partial charge in [0.15, 0.2) is 5.13 Å². The number of aryl methyl sites for hydroxylation is 1. The molecule has 120 valence electrons. The molecule has 2 rings (SSSR count). The summed E-state index contributed by atoms with van der Waals surface area (Å²) in [5.74, 6) is 0. The number of piperidine rings is 1. The maximum Gasteiger partial charge on any atom is 0.186 e. The molecule has 1 fully saturated rings. The van der Waals surface area contributed by atoms with E-state index in [1.807, 2.05) is 11.3 Å². The SMILES string of the molecule is CCCc1nc(N2CCCCC2C)sc1CNC(C)CC. The molecule has 21 heavy (non-hydrogen) atoms. The lowest BCUT2D eigenvalue weighted by Crippen LogP contribution is -2.37. The van der Waals surface area contributed by atoms with Crippen molar-refractivity contribution in [3.8, 4) is 0 Å². The lowest BCUT2D eigenvalue weighted by atomic mass is 10.0. The maximum absolute atomic E-state index is 4.98.